The summed E-state index contributed by atoms with van der Waals surface area (Å²) < 4.78 is 0. The highest BCUT2D eigenvalue weighted by Crippen LogP contribution is 2.63. The maximum absolute atomic E-state index is 4.17. The third-order valence-corrected chi connectivity index (χ3v) is 10.4. The van der Waals surface area contributed by atoms with E-state index in [-0.39, 0.29) is 0 Å². The topological polar surface area (TPSA) is 46.0 Å². The summed E-state index contributed by atoms with van der Waals surface area (Å²) >= 11 is 0. The summed E-state index contributed by atoms with van der Waals surface area (Å²) in [5, 5.41) is 11.7. The first-order valence-corrected chi connectivity index (χ1v) is 12.1. The molecule has 3 nitrogen and oxygen atoms in total. The van der Waals surface area contributed by atoms with Crippen molar-refractivity contribution in [2.45, 2.75) is 77.3 Å². The molecule has 3 heterocycles. The van der Waals surface area contributed by atoms with Gasteiger partial charge in [-0.05, 0) is 97.8 Å². The Morgan fingerprint density at radius 1 is 0.704 bits per heavy atom. The molecule has 3 aliphatic carbocycles. The lowest BCUT2D eigenvalue weighted by molar-refractivity contribution is -0.0914. The van der Waals surface area contributed by atoms with Crippen LogP contribution in [0.1, 0.15) is 65.7 Å². The van der Waals surface area contributed by atoms with Crippen molar-refractivity contribution in [3.05, 3.63) is 0 Å². The molecule has 3 spiro atoms. The number of rotatable bonds is 2. The number of hydrogen-bond donors (Lipinski definition) is 3. The standard InChI is InChI=1S/C24H41N3/c1-15-4-22(5-15)10-21(20-11-25-13-23(20)6-16(2)7-23)26-12-19(22)18-9-24(14-27-24)8-17(18)3/h15-21,25-27H,4-14H2,1-3H3. The van der Waals surface area contributed by atoms with Crippen LogP contribution in [-0.2, 0) is 0 Å². The Hall–Kier alpha value is -0.120. The number of hydrogen-bond acceptors (Lipinski definition) is 3. The van der Waals surface area contributed by atoms with Gasteiger partial charge in [-0.2, -0.15) is 0 Å². The van der Waals surface area contributed by atoms with Gasteiger partial charge in [0.25, 0.3) is 0 Å². The third kappa shape index (κ3) is 2.56. The van der Waals surface area contributed by atoms with Gasteiger partial charge in [-0.3, -0.25) is 0 Å². The molecule has 6 rings (SSSR count). The van der Waals surface area contributed by atoms with Gasteiger partial charge in [0.2, 0.25) is 0 Å². The summed E-state index contributed by atoms with van der Waals surface area (Å²) in [6.07, 6.45) is 10.4. The van der Waals surface area contributed by atoms with Crippen LogP contribution in [0.2, 0.25) is 0 Å². The normalized spacial score (nSPS) is 62.1. The first kappa shape index (κ1) is 17.7. The van der Waals surface area contributed by atoms with Crippen molar-refractivity contribution in [2.75, 3.05) is 26.2 Å². The average Bonchev–Trinajstić information content (AvgIpc) is 3.04. The molecule has 27 heavy (non-hydrogen) atoms. The van der Waals surface area contributed by atoms with Crippen LogP contribution in [0, 0.1) is 46.3 Å². The van der Waals surface area contributed by atoms with Crippen molar-refractivity contribution in [2.24, 2.45) is 46.3 Å². The third-order valence-electron chi connectivity index (χ3n) is 10.4. The maximum Gasteiger partial charge on any atom is 0.0312 e. The summed E-state index contributed by atoms with van der Waals surface area (Å²) in [5.41, 5.74) is 1.88. The van der Waals surface area contributed by atoms with E-state index in [0.717, 1.165) is 41.5 Å². The fourth-order valence-electron chi connectivity index (χ4n) is 9.47. The zero-order chi connectivity index (χ0) is 18.4. The molecule has 0 aromatic heterocycles. The van der Waals surface area contributed by atoms with Crippen molar-refractivity contribution in [1.29, 1.82) is 0 Å². The molecule has 3 aliphatic heterocycles. The molecule has 0 radical (unpaired) electrons. The fraction of sp³-hybridized carbons (Fsp3) is 1.00. The van der Waals surface area contributed by atoms with E-state index in [1.807, 2.05) is 0 Å². The van der Waals surface area contributed by atoms with E-state index in [2.05, 4.69) is 36.7 Å². The molecule has 6 fully saturated rings. The van der Waals surface area contributed by atoms with Crippen LogP contribution in [0.25, 0.3) is 0 Å². The molecule has 0 amide bonds. The van der Waals surface area contributed by atoms with Gasteiger partial charge in [0, 0.05) is 31.2 Å². The first-order valence-electron chi connectivity index (χ1n) is 12.1. The molecule has 152 valence electrons. The van der Waals surface area contributed by atoms with E-state index in [1.54, 1.807) is 0 Å². The van der Waals surface area contributed by atoms with Crippen LogP contribution in [0.5, 0.6) is 0 Å². The van der Waals surface area contributed by atoms with E-state index in [0.29, 0.717) is 16.4 Å². The highest BCUT2D eigenvalue weighted by Gasteiger charge is 2.61. The lowest BCUT2D eigenvalue weighted by Gasteiger charge is -2.61. The van der Waals surface area contributed by atoms with Gasteiger partial charge in [0.1, 0.15) is 0 Å². The lowest BCUT2D eigenvalue weighted by Crippen LogP contribution is -2.62. The Bertz CT molecular complexity index is 599. The van der Waals surface area contributed by atoms with Crippen molar-refractivity contribution in [3.8, 4) is 0 Å². The molecule has 3 heteroatoms. The Labute approximate surface area is 166 Å². The van der Waals surface area contributed by atoms with Gasteiger partial charge in [0.15, 0.2) is 0 Å². The maximum atomic E-state index is 4.17. The first-order chi connectivity index (χ1) is 12.9. The average molecular weight is 372 g/mol. The Kier molecular flexibility index (Phi) is 3.76. The van der Waals surface area contributed by atoms with Gasteiger partial charge in [0.05, 0.1) is 0 Å². The van der Waals surface area contributed by atoms with E-state index in [4.69, 9.17) is 0 Å². The number of piperidine rings is 1. The Balaban J connectivity index is 1.22. The van der Waals surface area contributed by atoms with Crippen molar-refractivity contribution >= 4 is 0 Å². The molecule has 0 aromatic rings. The molecular formula is C24H41N3. The molecule has 0 bridgehead atoms. The van der Waals surface area contributed by atoms with Crippen LogP contribution >= 0.6 is 0 Å². The predicted octanol–water partition coefficient (Wildman–Crippen LogP) is 3.40. The van der Waals surface area contributed by atoms with E-state index in [1.165, 1.54) is 71.1 Å². The molecule has 3 saturated heterocycles. The molecular weight excluding hydrogens is 330 g/mol. The summed E-state index contributed by atoms with van der Waals surface area (Å²) in [7, 11) is 0. The van der Waals surface area contributed by atoms with Crippen molar-refractivity contribution in [3.63, 3.8) is 0 Å². The fourth-order valence-corrected chi connectivity index (χ4v) is 9.47. The smallest absolute Gasteiger partial charge is 0.0312 e. The Morgan fingerprint density at radius 2 is 1.41 bits per heavy atom. The summed E-state index contributed by atoms with van der Waals surface area (Å²) in [5.74, 6) is 5.63. The van der Waals surface area contributed by atoms with E-state index >= 15 is 0 Å². The second-order valence-corrected chi connectivity index (χ2v) is 12.5. The van der Waals surface area contributed by atoms with Crippen LogP contribution in [0.3, 0.4) is 0 Å². The molecule has 6 aliphatic rings. The highest BCUT2D eigenvalue weighted by molar-refractivity contribution is 5.16. The molecule has 3 N–H and O–H groups in total. The van der Waals surface area contributed by atoms with Crippen LogP contribution in [0.4, 0.5) is 0 Å². The van der Waals surface area contributed by atoms with Gasteiger partial charge in [-0.1, -0.05) is 20.8 Å². The molecule has 6 unspecified atom stereocenters. The lowest BCUT2D eigenvalue weighted by atomic mass is 9.47. The number of nitrogens with one attached hydrogen (secondary N) is 3. The monoisotopic (exact) mass is 371 g/mol. The second kappa shape index (κ2) is 5.73. The van der Waals surface area contributed by atoms with E-state index < -0.39 is 0 Å². The van der Waals surface area contributed by atoms with Gasteiger partial charge in [-0.15, -0.1) is 0 Å². The largest absolute Gasteiger partial charge is 0.316 e. The van der Waals surface area contributed by atoms with Gasteiger partial charge in [-0.25, -0.2) is 0 Å². The zero-order valence-corrected chi connectivity index (χ0v) is 17.8. The van der Waals surface area contributed by atoms with Gasteiger partial charge >= 0.3 is 0 Å². The van der Waals surface area contributed by atoms with Gasteiger partial charge < -0.3 is 16.0 Å². The van der Waals surface area contributed by atoms with Crippen LogP contribution < -0.4 is 16.0 Å². The van der Waals surface area contributed by atoms with Crippen LogP contribution in [0.15, 0.2) is 0 Å². The highest BCUT2D eigenvalue weighted by atomic mass is 15.2. The summed E-state index contributed by atoms with van der Waals surface area (Å²) in [6.45, 7) is 12.7. The predicted molar refractivity (Wildman–Crippen MR) is 111 cm³/mol. The van der Waals surface area contributed by atoms with E-state index in [9.17, 15) is 0 Å². The minimum absolute atomic E-state index is 0.568. The zero-order valence-electron chi connectivity index (χ0n) is 17.8. The van der Waals surface area contributed by atoms with Crippen molar-refractivity contribution in [1.82, 2.24) is 16.0 Å². The molecule has 6 atom stereocenters. The minimum Gasteiger partial charge on any atom is -0.316 e. The SMILES string of the molecule is CC1CC2(CNCC2C2CC3(CC(C)C3)C(C3CC4(CN4)CC3C)CN2)C1. The quantitative estimate of drug-likeness (QED) is 0.652. The van der Waals surface area contributed by atoms with Crippen LogP contribution in [-0.4, -0.2) is 37.8 Å². The summed E-state index contributed by atoms with van der Waals surface area (Å²) in [4.78, 5) is 0. The van der Waals surface area contributed by atoms with Crippen molar-refractivity contribution < 1.29 is 0 Å². The molecule has 0 aromatic carbocycles. The Morgan fingerprint density at radius 3 is 2.04 bits per heavy atom. The minimum atomic E-state index is 0.568. The summed E-state index contributed by atoms with van der Waals surface area (Å²) in [6, 6.07) is 0.779. The second-order valence-electron chi connectivity index (χ2n) is 12.5. The molecule has 3 saturated carbocycles.